The number of esters is 1. The third kappa shape index (κ3) is 4.76. The first kappa shape index (κ1) is 16.9. The minimum atomic E-state index is -1.08. The van der Waals surface area contributed by atoms with Gasteiger partial charge in [0.15, 0.2) is 0 Å². The normalized spacial score (nSPS) is 18.6. The van der Waals surface area contributed by atoms with E-state index in [0.29, 0.717) is 43.8 Å². The molecule has 0 bridgehead atoms. The highest BCUT2D eigenvalue weighted by atomic mass is 16.5. The van der Waals surface area contributed by atoms with E-state index in [2.05, 4.69) is 0 Å². The zero-order chi connectivity index (χ0) is 15.2. The van der Waals surface area contributed by atoms with E-state index in [1.165, 1.54) is 0 Å². The third-order valence-corrected chi connectivity index (χ3v) is 4.12. The van der Waals surface area contributed by atoms with Crippen molar-refractivity contribution in [3.05, 3.63) is 0 Å². The first-order chi connectivity index (χ1) is 9.31. The van der Waals surface area contributed by atoms with E-state index in [0.717, 1.165) is 0 Å². The summed E-state index contributed by atoms with van der Waals surface area (Å²) < 4.78 is 10.9. The molecule has 1 aliphatic heterocycles. The van der Waals surface area contributed by atoms with E-state index < -0.39 is 11.4 Å². The van der Waals surface area contributed by atoms with Crippen LogP contribution in [0.5, 0.6) is 0 Å². The Balaban J connectivity index is 2.51. The number of hydrogen-bond acceptors (Lipinski definition) is 5. The molecule has 0 radical (unpaired) electrons. The monoisotopic (exact) mass is 287 g/mol. The van der Waals surface area contributed by atoms with Crippen molar-refractivity contribution < 1.29 is 28.7 Å². The summed E-state index contributed by atoms with van der Waals surface area (Å²) in [5.41, 5.74) is -0.496. The number of carbonyl (C=O) groups is 2. The van der Waals surface area contributed by atoms with Gasteiger partial charge in [0, 0.05) is 0 Å². The van der Waals surface area contributed by atoms with Crippen LogP contribution in [-0.2, 0) is 19.1 Å². The van der Waals surface area contributed by atoms with Gasteiger partial charge >= 0.3 is 5.97 Å². The van der Waals surface area contributed by atoms with E-state index in [1.807, 2.05) is 20.8 Å². The van der Waals surface area contributed by atoms with Gasteiger partial charge in [0.2, 0.25) is 0 Å². The van der Waals surface area contributed by atoms with Gasteiger partial charge in [-0.15, -0.1) is 0 Å². The molecule has 1 saturated heterocycles. The van der Waals surface area contributed by atoms with Crippen molar-refractivity contribution in [1.29, 1.82) is 0 Å². The van der Waals surface area contributed by atoms with Crippen LogP contribution in [0.25, 0.3) is 0 Å². The second kappa shape index (κ2) is 7.04. The summed E-state index contributed by atoms with van der Waals surface area (Å²) in [5.74, 6) is -1.31. The molecule has 0 unspecified atom stereocenters. The van der Waals surface area contributed by atoms with Crippen LogP contribution < -0.4 is 5.11 Å². The van der Waals surface area contributed by atoms with Gasteiger partial charge in [-0.3, -0.25) is 4.79 Å². The lowest BCUT2D eigenvalue weighted by Crippen LogP contribution is -2.60. The lowest BCUT2D eigenvalue weighted by molar-refractivity contribution is -0.930. The van der Waals surface area contributed by atoms with Crippen LogP contribution >= 0.6 is 0 Å². The summed E-state index contributed by atoms with van der Waals surface area (Å²) in [6.07, 6.45) is 0.707. The smallest absolute Gasteiger partial charge is 0.311 e. The van der Waals surface area contributed by atoms with Crippen LogP contribution in [0.15, 0.2) is 0 Å². The van der Waals surface area contributed by atoms with Gasteiger partial charge < -0.3 is 23.9 Å². The Morgan fingerprint density at radius 1 is 1.30 bits per heavy atom. The van der Waals surface area contributed by atoms with Crippen LogP contribution in [0.1, 0.15) is 27.2 Å². The Morgan fingerprint density at radius 3 is 2.40 bits per heavy atom. The molecule has 116 valence electrons. The topological polar surface area (TPSA) is 75.7 Å². The van der Waals surface area contributed by atoms with Gasteiger partial charge in [0.1, 0.15) is 32.8 Å². The number of carbonyl (C=O) groups excluding carboxylic acids is 2. The molecule has 6 nitrogen and oxygen atoms in total. The molecule has 1 aliphatic rings. The molecule has 0 aromatic heterocycles. The lowest BCUT2D eigenvalue weighted by atomic mass is 9.91. The molecule has 1 rings (SSSR count). The maximum Gasteiger partial charge on any atom is 0.311 e. The molecule has 0 aromatic rings. The van der Waals surface area contributed by atoms with Crippen LogP contribution in [0, 0.1) is 5.41 Å². The number of carboxylic acid groups (broad SMARTS) is 1. The fourth-order valence-electron chi connectivity index (χ4n) is 2.14. The molecule has 0 aliphatic carbocycles. The van der Waals surface area contributed by atoms with Gasteiger partial charge in [-0.25, -0.2) is 0 Å². The highest BCUT2D eigenvalue weighted by Gasteiger charge is 2.32. The number of nitrogens with zero attached hydrogens (tertiary/aromatic N) is 1. The molecule has 1 fully saturated rings. The average Bonchev–Trinajstić information content (AvgIpc) is 2.38. The largest absolute Gasteiger partial charge is 0.544 e. The zero-order valence-electron chi connectivity index (χ0n) is 12.6. The molecule has 0 atom stereocenters. The summed E-state index contributed by atoms with van der Waals surface area (Å²) in [4.78, 5) is 22.8. The van der Waals surface area contributed by atoms with Crippen LogP contribution in [0.2, 0.25) is 0 Å². The van der Waals surface area contributed by atoms with Crippen molar-refractivity contribution in [3.63, 3.8) is 0 Å². The molecule has 0 amide bonds. The standard InChI is InChI=1S/C14H25NO5/c1-4-14(2,3)13(18)20-10-7-15(11-12(16)17)5-8-19-9-6-15/h4-11H2,1-3H3. The Bertz CT molecular complexity index is 347. The second-order valence-corrected chi connectivity index (χ2v) is 6.03. The molecular formula is C14H25NO5. The fraction of sp³-hybridized carbons (Fsp3) is 0.857. The highest BCUT2D eigenvalue weighted by Crippen LogP contribution is 2.21. The van der Waals surface area contributed by atoms with E-state index in [-0.39, 0.29) is 19.1 Å². The summed E-state index contributed by atoms with van der Waals surface area (Å²) >= 11 is 0. The fourth-order valence-corrected chi connectivity index (χ4v) is 2.14. The number of quaternary nitrogens is 1. The molecule has 0 N–H and O–H groups in total. The number of hydrogen-bond donors (Lipinski definition) is 0. The van der Waals surface area contributed by atoms with Crippen molar-refractivity contribution in [2.45, 2.75) is 27.2 Å². The van der Waals surface area contributed by atoms with Crippen molar-refractivity contribution in [2.75, 3.05) is 46.0 Å². The number of rotatable bonds is 7. The van der Waals surface area contributed by atoms with Gasteiger partial charge in [0.25, 0.3) is 0 Å². The minimum Gasteiger partial charge on any atom is -0.544 e. The average molecular weight is 287 g/mol. The van der Waals surface area contributed by atoms with Crippen molar-refractivity contribution in [2.24, 2.45) is 5.41 Å². The van der Waals surface area contributed by atoms with Gasteiger partial charge in [-0.1, -0.05) is 6.92 Å². The lowest BCUT2D eigenvalue weighted by Gasteiger charge is -2.41. The third-order valence-electron chi connectivity index (χ3n) is 4.12. The van der Waals surface area contributed by atoms with E-state index in [4.69, 9.17) is 9.47 Å². The Hall–Kier alpha value is -1.14. The van der Waals surface area contributed by atoms with Crippen molar-refractivity contribution in [1.82, 2.24) is 0 Å². The predicted molar refractivity (Wildman–Crippen MR) is 70.6 cm³/mol. The van der Waals surface area contributed by atoms with Gasteiger partial charge in [-0.05, 0) is 20.3 Å². The molecule has 0 aromatic carbocycles. The van der Waals surface area contributed by atoms with E-state index in [1.54, 1.807) is 0 Å². The van der Waals surface area contributed by atoms with Crippen LogP contribution in [0.4, 0.5) is 0 Å². The second-order valence-electron chi connectivity index (χ2n) is 6.03. The summed E-state index contributed by atoms with van der Waals surface area (Å²) in [6.45, 7) is 8.57. The minimum absolute atomic E-state index is 0.0575. The maximum atomic E-state index is 11.9. The van der Waals surface area contributed by atoms with Crippen LogP contribution in [0.3, 0.4) is 0 Å². The SMILES string of the molecule is CCC(C)(C)C(=O)OCC[N+]1(CC(=O)[O-])CCOCC1. The Labute approximate surface area is 120 Å². The first-order valence-electron chi connectivity index (χ1n) is 7.11. The summed E-state index contributed by atoms with van der Waals surface area (Å²) in [5, 5.41) is 10.9. The number of morpholine rings is 1. The summed E-state index contributed by atoms with van der Waals surface area (Å²) in [6, 6.07) is 0. The molecule has 20 heavy (non-hydrogen) atoms. The van der Waals surface area contributed by atoms with Gasteiger partial charge in [-0.2, -0.15) is 0 Å². The highest BCUT2D eigenvalue weighted by molar-refractivity contribution is 5.75. The predicted octanol–water partition coefficient (Wildman–Crippen LogP) is -0.437. The summed E-state index contributed by atoms with van der Waals surface area (Å²) in [7, 11) is 0. The Kier molecular flexibility index (Phi) is 5.95. The number of carboxylic acids is 1. The molecular weight excluding hydrogens is 262 g/mol. The van der Waals surface area contributed by atoms with E-state index >= 15 is 0 Å². The molecule has 0 spiro atoms. The Morgan fingerprint density at radius 2 is 1.90 bits per heavy atom. The van der Waals surface area contributed by atoms with E-state index in [9.17, 15) is 14.7 Å². The molecule has 6 heteroatoms. The van der Waals surface area contributed by atoms with Gasteiger partial charge in [0.05, 0.1) is 24.6 Å². The number of aliphatic carboxylic acids is 1. The first-order valence-corrected chi connectivity index (χ1v) is 7.11. The zero-order valence-corrected chi connectivity index (χ0v) is 12.6. The maximum absolute atomic E-state index is 11.9. The molecule has 0 saturated carbocycles. The quantitative estimate of drug-likeness (QED) is 0.469. The van der Waals surface area contributed by atoms with Crippen LogP contribution in [-0.4, -0.2) is 62.4 Å². The van der Waals surface area contributed by atoms with Crippen molar-refractivity contribution >= 4 is 11.9 Å². The van der Waals surface area contributed by atoms with Crippen molar-refractivity contribution in [3.8, 4) is 0 Å². The number of ether oxygens (including phenoxy) is 2. The molecule has 1 heterocycles.